The van der Waals surface area contributed by atoms with Gasteiger partial charge < -0.3 is 14.2 Å². The third kappa shape index (κ3) is 6.91. The van der Waals surface area contributed by atoms with E-state index in [1.165, 1.54) is 6.07 Å². The first-order valence-corrected chi connectivity index (χ1v) is 13.7. The smallest absolute Gasteiger partial charge is 0.343 e. The maximum absolute atomic E-state index is 12.9. The van der Waals surface area contributed by atoms with Crippen molar-refractivity contribution in [3.8, 4) is 17.2 Å². The number of carbonyl (C=O) groups excluding carboxylic acids is 3. The van der Waals surface area contributed by atoms with E-state index >= 15 is 0 Å². The first-order chi connectivity index (χ1) is 18.2. The number of imide groups is 1. The number of hydrogen-bond acceptors (Lipinski definition) is 7. The molecule has 0 aromatic heterocycles. The van der Waals surface area contributed by atoms with E-state index in [1.807, 2.05) is 0 Å². The Morgan fingerprint density at radius 1 is 1.03 bits per heavy atom. The van der Waals surface area contributed by atoms with Gasteiger partial charge in [0.25, 0.3) is 11.1 Å². The molecule has 0 atom stereocenters. The lowest BCUT2D eigenvalue weighted by atomic mass is 10.1. The van der Waals surface area contributed by atoms with Gasteiger partial charge in [0, 0.05) is 10.0 Å². The Balaban J connectivity index is 1.49. The van der Waals surface area contributed by atoms with Crippen LogP contribution in [0, 0.1) is 0 Å². The molecule has 0 aliphatic carbocycles. The minimum atomic E-state index is -0.608. The van der Waals surface area contributed by atoms with Crippen LogP contribution in [0.1, 0.15) is 22.8 Å². The number of nitrogens with zero attached hydrogens (tertiary/aromatic N) is 1. The van der Waals surface area contributed by atoms with E-state index in [4.69, 9.17) is 37.4 Å². The largest absolute Gasteiger partial charge is 0.492 e. The molecule has 4 rings (SSSR count). The van der Waals surface area contributed by atoms with Gasteiger partial charge in [0.2, 0.25) is 0 Å². The highest BCUT2D eigenvalue weighted by atomic mass is 79.9. The fraction of sp³-hybridized carbons (Fsp3) is 0.148. The number of thioether (sulfide) groups is 1. The zero-order valence-electron chi connectivity index (χ0n) is 19.9. The molecule has 196 valence electrons. The lowest BCUT2D eigenvalue weighted by Crippen LogP contribution is -2.32. The van der Waals surface area contributed by atoms with E-state index in [2.05, 4.69) is 15.9 Å². The van der Waals surface area contributed by atoms with Gasteiger partial charge in [-0.15, -0.1) is 0 Å². The average molecular weight is 637 g/mol. The molecular formula is C27H20BrCl2NO6S. The topological polar surface area (TPSA) is 82.1 Å². The van der Waals surface area contributed by atoms with Gasteiger partial charge in [-0.2, -0.15) is 0 Å². The van der Waals surface area contributed by atoms with Crippen molar-refractivity contribution in [2.24, 2.45) is 0 Å². The van der Waals surface area contributed by atoms with Crippen molar-refractivity contribution < 1.29 is 28.6 Å². The standard InChI is InChI=1S/C27H20BrCl2NO6S/c1-2-35-22-13-16(12-21(28)24(22)37-26(33)17-4-3-5-19(30)15-17)14-23-25(32)31(27(34)38-23)10-11-36-20-8-6-18(29)7-9-20/h3-9,12-15H,2,10-11H2,1H3/b23-14-. The van der Waals surface area contributed by atoms with Crippen LogP contribution < -0.4 is 14.2 Å². The Morgan fingerprint density at radius 2 is 1.79 bits per heavy atom. The molecule has 1 saturated heterocycles. The normalized spacial score (nSPS) is 14.2. The maximum Gasteiger partial charge on any atom is 0.343 e. The summed E-state index contributed by atoms with van der Waals surface area (Å²) in [4.78, 5) is 39.5. The van der Waals surface area contributed by atoms with Crippen LogP contribution in [0.5, 0.6) is 17.2 Å². The van der Waals surface area contributed by atoms with Gasteiger partial charge in [-0.1, -0.05) is 29.3 Å². The zero-order chi connectivity index (χ0) is 27.2. The number of ether oxygens (including phenoxy) is 3. The summed E-state index contributed by atoms with van der Waals surface area (Å²) in [7, 11) is 0. The molecule has 3 aromatic rings. The second kappa shape index (κ2) is 12.7. The van der Waals surface area contributed by atoms with Crippen molar-refractivity contribution in [2.45, 2.75) is 6.92 Å². The summed E-state index contributed by atoms with van der Waals surface area (Å²) < 4.78 is 17.3. The number of hydrogen-bond donors (Lipinski definition) is 0. The Bertz CT molecular complexity index is 1410. The monoisotopic (exact) mass is 635 g/mol. The van der Waals surface area contributed by atoms with E-state index < -0.39 is 17.1 Å². The first-order valence-electron chi connectivity index (χ1n) is 11.3. The van der Waals surface area contributed by atoms with Gasteiger partial charge in [-0.3, -0.25) is 14.5 Å². The van der Waals surface area contributed by atoms with Gasteiger partial charge in [-0.05, 0) is 101 Å². The van der Waals surface area contributed by atoms with Crippen molar-refractivity contribution in [2.75, 3.05) is 19.8 Å². The van der Waals surface area contributed by atoms with Crippen LogP contribution in [0.3, 0.4) is 0 Å². The Morgan fingerprint density at radius 3 is 2.50 bits per heavy atom. The third-order valence-corrected chi connectivity index (χ3v) is 7.14. The van der Waals surface area contributed by atoms with Crippen LogP contribution in [0.4, 0.5) is 4.79 Å². The molecule has 2 amide bonds. The Kier molecular flexibility index (Phi) is 9.38. The molecule has 3 aromatic carbocycles. The van der Waals surface area contributed by atoms with E-state index in [0.717, 1.165) is 16.7 Å². The second-order valence-electron chi connectivity index (χ2n) is 7.80. The molecule has 11 heteroatoms. The molecule has 0 N–H and O–H groups in total. The van der Waals surface area contributed by atoms with Crippen molar-refractivity contribution in [1.29, 1.82) is 0 Å². The Hall–Kier alpha value is -2.98. The van der Waals surface area contributed by atoms with E-state index in [9.17, 15) is 14.4 Å². The number of rotatable bonds is 9. The number of carbonyl (C=O) groups is 3. The Labute approximate surface area is 241 Å². The highest BCUT2D eigenvalue weighted by Gasteiger charge is 2.35. The lowest BCUT2D eigenvalue weighted by Gasteiger charge is -2.14. The van der Waals surface area contributed by atoms with E-state index in [-0.39, 0.29) is 29.4 Å². The molecule has 38 heavy (non-hydrogen) atoms. The fourth-order valence-electron chi connectivity index (χ4n) is 3.43. The van der Waals surface area contributed by atoms with Gasteiger partial charge in [0.05, 0.1) is 28.1 Å². The molecule has 0 unspecified atom stereocenters. The van der Waals surface area contributed by atoms with Crippen molar-refractivity contribution in [3.05, 3.63) is 91.2 Å². The zero-order valence-corrected chi connectivity index (χ0v) is 23.8. The number of esters is 1. The predicted octanol–water partition coefficient (Wildman–Crippen LogP) is 7.49. The summed E-state index contributed by atoms with van der Waals surface area (Å²) in [5.41, 5.74) is 0.857. The molecule has 0 spiro atoms. The van der Waals surface area contributed by atoms with Crippen LogP contribution in [0.2, 0.25) is 10.0 Å². The predicted molar refractivity (Wildman–Crippen MR) is 151 cm³/mol. The van der Waals surface area contributed by atoms with Crippen LogP contribution in [0.25, 0.3) is 6.08 Å². The second-order valence-corrected chi connectivity index (χ2v) is 10.5. The molecule has 0 bridgehead atoms. The van der Waals surface area contributed by atoms with Gasteiger partial charge >= 0.3 is 5.97 Å². The SMILES string of the molecule is CCOc1cc(/C=C2\SC(=O)N(CCOc3ccc(Cl)cc3)C2=O)cc(Br)c1OC(=O)c1cccc(Cl)c1. The molecule has 1 heterocycles. The molecule has 0 saturated carbocycles. The highest BCUT2D eigenvalue weighted by Crippen LogP contribution is 2.40. The first kappa shape index (κ1) is 28.0. The average Bonchev–Trinajstić information content (AvgIpc) is 3.14. The van der Waals surface area contributed by atoms with Crippen LogP contribution >= 0.6 is 50.9 Å². The fourth-order valence-corrected chi connectivity index (χ4v) is 5.15. The minimum absolute atomic E-state index is 0.0942. The van der Waals surface area contributed by atoms with Gasteiger partial charge in [-0.25, -0.2) is 4.79 Å². The molecular weight excluding hydrogens is 617 g/mol. The van der Waals surface area contributed by atoms with Gasteiger partial charge in [0.1, 0.15) is 12.4 Å². The van der Waals surface area contributed by atoms with Gasteiger partial charge in [0.15, 0.2) is 11.5 Å². The van der Waals surface area contributed by atoms with Crippen LogP contribution in [0.15, 0.2) is 70.0 Å². The third-order valence-electron chi connectivity index (χ3n) is 5.16. The molecule has 1 aliphatic rings. The summed E-state index contributed by atoms with van der Waals surface area (Å²) in [6.45, 7) is 2.33. The van der Waals surface area contributed by atoms with E-state index in [0.29, 0.717) is 38.2 Å². The van der Waals surface area contributed by atoms with Crippen molar-refractivity contribution in [3.63, 3.8) is 0 Å². The number of amides is 2. The summed E-state index contributed by atoms with van der Waals surface area (Å²) in [5, 5.41) is 0.598. The number of halogens is 3. The molecule has 0 radical (unpaired) electrons. The summed E-state index contributed by atoms with van der Waals surface area (Å²) >= 11 is 16.1. The summed E-state index contributed by atoms with van der Waals surface area (Å²) in [6, 6.07) is 16.5. The quantitative estimate of drug-likeness (QED) is 0.137. The maximum atomic E-state index is 12.9. The number of benzene rings is 3. The van der Waals surface area contributed by atoms with Crippen LogP contribution in [-0.2, 0) is 4.79 Å². The molecule has 7 nitrogen and oxygen atoms in total. The molecule has 1 fully saturated rings. The van der Waals surface area contributed by atoms with Crippen molar-refractivity contribution >= 4 is 74.1 Å². The van der Waals surface area contributed by atoms with Crippen molar-refractivity contribution in [1.82, 2.24) is 4.90 Å². The summed E-state index contributed by atoms with van der Waals surface area (Å²) in [6.07, 6.45) is 1.58. The molecule has 1 aliphatic heterocycles. The minimum Gasteiger partial charge on any atom is -0.492 e. The van der Waals surface area contributed by atoms with Crippen LogP contribution in [-0.4, -0.2) is 41.8 Å². The highest BCUT2D eigenvalue weighted by molar-refractivity contribution is 9.10. The summed E-state index contributed by atoms with van der Waals surface area (Å²) in [5.74, 6) is 0.0241. The lowest BCUT2D eigenvalue weighted by molar-refractivity contribution is -0.123. The van der Waals surface area contributed by atoms with E-state index in [1.54, 1.807) is 67.6 Å².